The summed E-state index contributed by atoms with van der Waals surface area (Å²) in [5.74, 6) is -0.406. The van der Waals surface area contributed by atoms with Crippen molar-refractivity contribution in [2.24, 2.45) is 0 Å². The average molecular weight is 392 g/mol. The molecular weight excluding hydrogens is 377 g/mol. The fraction of sp³-hybridized carbons (Fsp3) is 0.167. The van der Waals surface area contributed by atoms with Gasteiger partial charge < -0.3 is 15.4 Å². The normalized spacial score (nSPS) is 9.88. The van der Waals surface area contributed by atoms with E-state index in [0.717, 1.165) is 0 Å². The first-order chi connectivity index (χ1) is 12.5. The minimum atomic E-state index is -0.410. The molecule has 0 aliphatic carbocycles. The highest BCUT2D eigenvalue weighted by Gasteiger charge is 2.09. The Balaban J connectivity index is 1.89. The van der Waals surface area contributed by atoms with E-state index in [9.17, 15) is 9.59 Å². The molecule has 0 saturated carbocycles. The Hall–Kier alpha value is -2.75. The SMILES string of the molecule is N#CCC(=O)Nc1ccccc1CNC(=O)COc1ccc(Cl)cc1Cl. The van der Waals surface area contributed by atoms with Crippen LogP contribution in [0.15, 0.2) is 42.5 Å². The van der Waals surface area contributed by atoms with E-state index in [1.807, 2.05) is 0 Å². The zero-order valence-electron chi connectivity index (χ0n) is 13.6. The number of hydrogen-bond acceptors (Lipinski definition) is 4. The summed E-state index contributed by atoms with van der Waals surface area (Å²) in [6.07, 6.45) is -0.240. The Morgan fingerprint density at radius 3 is 2.62 bits per heavy atom. The van der Waals surface area contributed by atoms with Crippen LogP contribution in [0.4, 0.5) is 5.69 Å². The molecule has 0 radical (unpaired) electrons. The predicted octanol–water partition coefficient (Wildman–Crippen LogP) is 3.54. The van der Waals surface area contributed by atoms with E-state index in [2.05, 4.69) is 10.6 Å². The molecule has 134 valence electrons. The molecule has 0 unspecified atom stereocenters. The lowest BCUT2D eigenvalue weighted by Gasteiger charge is -2.12. The van der Waals surface area contributed by atoms with E-state index in [0.29, 0.717) is 27.0 Å². The lowest BCUT2D eigenvalue weighted by atomic mass is 10.1. The number of amides is 2. The van der Waals surface area contributed by atoms with Crippen LogP contribution >= 0.6 is 23.2 Å². The van der Waals surface area contributed by atoms with E-state index >= 15 is 0 Å². The maximum Gasteiger partial charge on any atom is 0.258 e. The Labute approximate surface area is 160 Å². The molecule has 0 spiro atoms. The minimum absolute atomic E-state index is 0.194. The van der Waals surface area contributed by atoms with Gasteiger partial charge in [0.1, 0.15) is 12.2 Å². The number of ether oxygens (including phenoxy) is 1. The Bertz CT molecular complexity index is 850. The van der Waals surface area contributed by atoms with Crippen LogP contribution < -0.4 is 15.4 Å². The van der Waals surface area contributed by atoms with Gasteiger partial charge in [-0.2, -0.15) is 5.26 Å². The van der Waals surface area contributed by atoms with Crippen LogP contribution in [-0.2, 0) is 16.1 Å². The zero-order valence-corrected chi connectivity index (χ0v) is 15.1. The number of nitrogens with one attached hydrogen (secondary N) is 2. The number of nitriles is 1. The van der Waals surface area contributed by atoms with Gasteiger partial charge in [0.15, 0.2) is 6.61 Å². The number of nitrogens with zero attached hydrogens (tertiary/aromatic N) is 1. The number of rotatable bonds is 7. The molecule has 26 heavy (non-hydrogen) atoms. The van der Waals surface area contributed by atoms with Crippen molar-refractivity contribution in [3.8, 4) is 11.8 Å². The Morgan fingerprint density at radius 1 is 1.12 bits per heavy atom. The molecule has 2 N–H and O–H groups in total. The summed E-state index contributed by atoms with van der Waals surface area (Å²) in [6.45, 7) is -0.0239. The second kappa shape index (κ2) is 9.66. The van der Waals surface area contributed by atoms with Crippen molar-refractivity contribution in [1.82, 2.24) is 5.32 Å². The van der Waals surface area contributed by atoms with Crippen molar-refractivity contribution >= 4 is 40.7 Å². The standard InChI is InChI=1S/C18H15Cl2N3O3/c19-13-5-6-16(14(20)9-13)26-11-18(25)22-10-12-3-1-2-4-15(12)23-17(24)7-8-21/h1-6,9H,7,10-11H2,(H,22,25)(H,23,24). The van der Waals surface area contributed by atoms with Crippen LogP contribution in [0.3, 0.4) is 0 Å². The summed E-state index contributed by atoms with van der Waals surface area (Å²) in [4.78, 5) is 23.5. The van der Waals surface area contributed by atoms with Crippen molar-refractivity contribution in [2.75, 3.05) is 11.9 Å². The summed E-state index contributed by atoms with van der Waals surface area (Å²) < 4.78 is 5.36. The van der Waals surface area contributed by atoms with Crippen molar-refractivity contribution < 1.29 is 14.3 Å². The number of benzene rings is 2. The van der Waals surface area contributed by atoms with E-state index in [4.69, 9.17) is 33.2 Å². The topological polar surface area (TPSA) is 91.2 Å². The molecule has 2 amide bonds. The average Bonchev–Trinajstić information content (AvgIpc) is 2.60. The summed E-state index contributed by atoms with van der Waals surface area (Å²) in [7, 11) is 0. The number of anilines is 1. The molecule has 0 aliphatic heterocycles. The maximum atomic E-state index is 12.0. The van der Waals surface area contributed by atoms with Crippen molar-refractivity contribution in [1.29, 1.82) is 5.26 Å². The van der Waals surface area contributed by atoms with Gasteiger partial charge in [-0.3, -0.25) is 9.59 Å². The maximum absolute atomic E-state index is 12.0. The first-order valence-corrected chi connectivity index (χ1v) is 8.34. The second-order valence-electron chi connectivity index (χ2n) is 5.18. The summed E-state index contributed by atoms with van der Waals surface area (Å²) in [6, 6.07) is 13.5. The fourth-order valence-corrected chi connectivity index (χ4v) is 2.51. The second-order valence-corrected chi connectivity index (χ2v) is 6.02. The monoisotopic (exact) mass is 391 g/mol. The molecule has 6 nitrogen and oxygen atoms in total. The lowest BCUT2D eigenvalue weighted by molar-refractivity contribution is -0.123. The molecule has 0 fully saturated rings. The van der Waals surface area contributed by atoms with Gasteiger partial charge >= 0.3 is 0 Å². The van der Waals surface area contributed by atoms with Crippen LogP contribution in [0.2, 0.25) is 10.0 Å². The number of hydrogen-bond donors (Lipinski definition) is 2. The Kier molecular flexibility index (Phi) is 7.27. The van der Waals surface area contributed by atoms with Crippen LogP contribution in [-0.4, -0.2) is 18.4 Å². The Morgan fingerprint density at radius 2 is 1.88 bits per heavy atom. The van der Waals surface area contributed by atoms with E-state index in [-0.39, 0.29) is 25.5 Å². The third-order valence-corrected chi connectivity index (χ3v) is 3.79. The van der Waals surface area contributed by atoms with Crippen LogP contribution in [0, 0.1) is 11.3 Å². The van der Waals surface area contributed by atoms with Gasteiger partial charge in [0.25, 0.3) is 5.91 Å². The summed E-state index contributed by atoms with van der Waals surface area (Å²) in [5, 5.41) is 14.7. The van der Waals surface area contributed by atoms with Crippen LogP contribution in [0.25, 0.3) is 0 Å². The van der Waals surface area contributed by atoms with Gasteiger partial charge in [-0.15, -0.1) is 0 Å². The molecule has 0 heterocycles. The summed E-state index contributed by atoms with van der Waals surface area (Å²) >= 11 is 11.8. The molecule has 0 saturated heterocycles. The number of carbonyl (C=O) groups excluding carboxylic acids is 2. The molecule has 2 aromatic rings. The van der Waals surface area contributed by atoms with Crippen molar-refractivity contribution in [3.05, 3.63) is 58.1 Å². The lowest BCUT2D eigenvalue weighted by Crippen LogP contribution is -2.29. The first kappa shape index (κ1) is 19.6. The fourth-order valence-electron chi connectivity index (χ4n) is 2.04. The van der Waals surface area contributed by atoms with E-state index < -0.39 is 5.91 Å². The number of halogens is 2. The molecule has 8 heteroatoms. The molecular formula is C18H15Cl2N3O3. The predicted molar refractivity (Wildman–Crippen MR) is 99.1 cm³/mol. The highest BCUT2D eigenvalue weighted by atomic mass is 35.5. The number of carbonyl (C=O) groups is 2. The van der Waals surface area contributed by atoms with E-state index in [1.165, 1.54) is 6.07 Å². The minimum Gasteiger partial charge on any atom is -0.482 e. The summed E-state index contributed by atoms with van der Waals surface area (Å²) in [5.41, 5.74) is 1.24. The molecule has 0 atom stereocenters. The van der Waals surface area contributed by atoms with Gasteiger partial charge in [0, 0.05) is 17.3 Å². The quantitative estimate of drug-likeness (QED) is 0.754. The third-order valence-electron chi connectivity index (χ3n) is 3.26. The first-order valence-electron chi connectivity index (χ1n) is 7.59. The molecule has 0 aromatic heterocycles. The van der Waals surface area contributed by atoms with Crippen LogP contribution in [0.5, 0.6) is 5.75 Å². The van der Waals surface area contributed by atoms with Gasteiger partial charge in [-0.25, -0.2) is 0 Å². The van der Waals surface area contributed by atoms with Crippen LogP contribution in [0.1, 0.15) is 12.0 Å². The smallest absolute Gasteiger partial charge is 0.258 e. The third kappa shape index (κ3) is 5.96. The largest absolute Gasteiger partial charge is 0.482 e. The molecule has 2 rings (SSSR count). The van der Waals surface area contributed by atoms with E-state index in [1.54, 1.807) is 42.5 Å². The van der Waals surface area contributed by atoms with Crippen molar-refractivity contribution in [2.45, 2.75) is 13.0 Å². The highest BCUT2D eigenvalue weighted by molar-refractivity contribution is 6.35. The number of para-hydroxylation sites is 1. The molecule has 0 bridgehead atoms. The van der Waals surface area contributed by atoms with Crippen molar-refractivity contribution in [3.63, 3.8) is 0 Å². The van der Waals surface area contributed by atoms with Gasteiger partial charge in [-0.1, -0.05) is 41.4 Å². The van der Waals surface area contributed by atoms with Gasteiger partial charge in [-0.05, 0) is 29.8 Å². The van der Waals surface area contributed by atoms with Gasteiger partial charge in [0.2, 0.25) is 5.91 Å². The highest BCUT2D eigenvalue weighted by Crippen LogP contribution is 2.27. The molecule has 0 aliphatic rings. The zero-order chi connectivity index (χ0) is 18.9. The van der Waals surface area contributed by atoms with Gasteiger partial charge in [0.05, 0.1) is 11.1 Å². The molecule has 2 aromatic carbocycles.